The number of thioether (sulfide) groups is 1. The molecule has 2 aromatic rings. The summed E-state index contributed by atoms with van der Waals surface area (Å²) in [4.78, 5) is 4.98. The Hall–Kier alpha value is -2.42. The molecule has 2 aliphatic rings. The fraction of sp³-hybridized carbons (Fsp3) is 0.458. The Morgan fingerprint density at radius 3 is 2.62 bits per heavy atom. The quantitative estimate of drug-likeness (QED) is 0.504. The van der Waals surface area contributed by atoms with Crippen molar-refractivity contribution in [3.8, 4) is 11.5 Å². The van der Waals surface area contributed by atoms with E-state index in [1.807, 2.05) is 17.7 Å². The van der Waals surface area contributed by atoms with Crippen molar-refractivity contribution in [3.63, 3.8) is 0 Å². The van der Waals surface area contributed by atoms with Crippen LogP contribution in [-0.4, -0.2) is 62.4 Å². The van der Waals surface area contributed by atoms with Gasteiger partial charge in [0, 0.05) is 32.7 Å². The zero-order valence-electron chi connectivity index (χ0n) is 18.7. The van der Waals surface area contributed by atoms with Crippen LogP contribution in [0.15, 0.2) is 53.6 Å². The minimum atomic E-state index is 0.162. The number of piperazine rings is 1. The Kier molecular flexibility index (Phi) is 8.53. The van der Waals surface area contributed by atoms with Crippen LogP contribution in [0.5, 0.6) is 11.5 Å². The van der Waals surface area contributed by atoms with Crippen molar-refractivity contribution >= 4 is 23.0 Å². The summed E-state index contributed by atoms with van der Waals surface area (Å²) in [6, 6.07) is 16.6. The predicted molar refractivity (Wildman–Crippen MR) is 133 cm³/mol. The number of para-hydroxylation sites is 2. The zero-order chi connectivity index (χ0) is 22.0. The number of hydrogen-bond donors (Lipinski definition) is 2. The molecule has 0 radical (unpaired) electrons. The second-order valence-corrected chi connectivity index (χ2v) is 8.92. The van der Waals surface area contributed by atoms with Crippen molar-refractivity contribution in [3.05, 3.63) is 54.1 Å². The third-order valence-corrected chi connectivity index (χ3v) is 6.56. The topological polar surface area (TPSA) is 61.4 Å². The second kappa shape index (κ2) is 12.0. The first-order valence-corrected chi connectivity index (χ1v) is 12.2. The molecule has 2 N–H and O–H groups in total. The monoisotopic (exact) mass is 455 g/mol. The van der Waals surface area contributed by atoms with E-state index < -0.39 is 0 Å². The van der Waals surface area contributed by atoms with Gasteiger partial charge in [0.1, 0.15) is 17.0 Å². The highest BCUT2D eigenvalue weighted by atomic mass is 32.2. The lowest BCUT2D eigenvalue weighted by molar-refractivity contribution is 0.238. The summed E-state index contributed by atoms with van der Waals surface area (Å²) in [6.07, 6.45) is 2.23. The van der Waals surface area contributed by atoms with Gasteiger partial charge < -0.3 is 14.4 Å². The van der Waals surface area contributed by atoms with E-state index in [0.717, 1.165) is 70.2 Å². The molecule has 8 heteroatoms. The summed E-state index contributed by atoms with van der Waals surface area (Å²) in [5.41, 5.74) is 7.42. The summed E-state index contributed by atoms with van der Waals surface area (Å²) in [7, 11) is 1.74. The lowest BCUT2D eigenvalue weighted by Gasteiger charge is -2.36. The van der Waals surface area contributed by atoms with E-state index in [4.69, 9.17) is 9.47 Å². The number of rotatable bonds is 11. The maximum Gasteiger partial charge on any atom is 0.147 e. The lowest BCUT2D eigenvalue weighted by atomic mass is 10.2. The van der Waals surface area contributed by atoms with E-state index in [9.17, 15) is 0 Å². The fourth-order valence-corrected chi connectivity index (χ4v) is 4.50. The standard InChI is InChI=1S/C24H33N5O2S/c1-30-23-7-3-2-6-22(23)29-15-13-28(14-16-29)12-4-5-17-31-21-10-8-20(9-11-21)18-25-24-27-26-19-32-24/h2-3,6-11,19,24-25,27H,4-5,12-18H2,1H3. The van der Waals surface area contributed by atoms with Crippen molar-refractivity contribution in [1.82, 2.24) is 15.6 Å². The maximum absolute atomic E-state index is 5.93. The van der Waals surface area contributed by atoms with Crippen LogP contribution in [0.1, 0.15) is 18.4 Å². The molecule has 1 atom stereocenters. The number of ether oxygens (including phenoxy) is 2. The van der Waals surface area contributed by atoms with Gasteiger partial charge in [-0.1, -0.05) is 36.0 Å². The molecule has 0 amide bonds. The molecule has 2 aromatic carbocycles. The van der Waals surface area contributed by atoms with E-state index in [1.165, 1.54) is 11.3 Å². The second-order valence-electron chi connectivity index (χ2n) is 7.96. The van der Waals surface area contributed by atoms with Crippen molar-refractivity contribution in [2.24, 2.45) is 5.10 Å². The molecule has 0 bridgehead atoms. The van der Waals surface area contributed by atoms with Crippen molar-refractivity contribution in [2.45, 2.75) is 24.9 Å². The fourth-order valence-electron chi connectivity index (χ4n) is 3.96. The normalized spacial score (nSPS) is 18.5. The summed E-state index contributed by atoms with van der Waals surface area (Å²) in [5, 5.41) is 7.39. The van der Waals surface area contributed by atoms with Crippen LogP contribution >= 0.6 is 11.8 Å². The number of methoxy groups -OCH3 is 1. The van der Waals surface area contributed by atoms with Crippen LogP contribution in [0.25, 0.3) is 0 Å². The molecule has 0 saturated carbocycles. The van der Waals surface area contributed by atoms with E-state index in [0.29, 0.717) is 0 Å². The first-order valence-electron chi connectivity index (χ1n) is 11.3. The van der Waals surface area contributed by atoms with E-state index >= 15 is 0 Å². The number of benzene rings is 2. The summed E-state index contributed by atoms with van der Waals surface area (Å²) in [5.74, 6) is 1.90. The first-order chi connectivity index (χ1) is 15.8. The van der Waals surface area contributed by atoms with Gasteiger partial charge >= 0.3 is 0 Å². The minimum Gasteiger partial charge on any atom is -0.495 e. The molecule has 4 rings (SSSR count). The van der Waals surface area contributed by atoms with E-state index in [2.05, 4.69) is 62.0 Å². The molecule has 0 aromatic heterocycles. The molecule has 0 aliphatic carbocycles. The first kappa shape index (κ1) is 22.8. The average molecular weight is 456 g/mol. The van der Waals surface area contributed by atoms with E-state index in [1.54, 1.807) is 18.9 Å². The van der Waals surface area contributed by atoms with Crippen LogP contribution in [0.2, 0.25) is 0 Å². The number of nitrogens with one attached hydrogen (secondary N) is 2. The molecule has 0 spiro atoms. The summed E-state index contributed by atoms with van der Waals surface area (Å²) < 4.78 is 11.4. The van der Waals surface area contributed by atoms with E-state index in [-0.39, 0.29) is 5.50 Å². The Labute approximate surface area is 195 Å². The van der Waals surface area contributed by atoms with Crippen LogP contribution in [-0.2, 0) is 6.54 Å². The van der Waals surface area contributed by atoms with Gasteiger partial charge in [-0.15, -0.1) is 0 Å². The summed E-state index contributed by atoms with van der Waals surface area (Å²) in [6.45, 7) is 6.97. The molecule has 1 saturated heterocycles. The summed E-state index contributed by atoms with van der Waals surface area (Å²) >= 11 is 1.64. The largest absolute Gasteiger partial charge is 0.495 e. The number of hydrogen-bond acceptors (Lipinski definition) is 8. The number of unbranched alkanes of at least 4 members (excludes halogenated alkanes) is 1. The predicted octanol–water partition coefficient (Wildman–Crippen LogP) is 3.33. The van der Waals surface area contributed by atoms with Gasteiger partial charge in [0.15, 0.2) is 0 Å². The molecular formula is C24H33N5O2S. The highest BCUT2D eigenvalue weighted by Crippen LogP contribution is 2.28. The Balaban J connectivity index is 1.08. The third kappa shape index (κ3) is 6.54. The van der Waals surface area contributed by atoms with Crippen molar-refractivity contribution in [1.29, 1.82) is 0 Å². The Bertz CT molecular complexity index is 848. The number of nitrogens with zero attached hydrogens (tertiary/aromatic N) is 3. The van der Waals surface area contributed by atoms with Crippen molar-refractivity contribution < 1.29 is 9.47 Å². The van der Waals surface area contributed by atoms with Crippen LogP contribution in [0.4, 0.5) is 5.69 Å². The number of anilines is 1. The van der Waals surface area contributed by atoms with Crippen molar-refractivity contribution in [2.75, 3.05) is 51.3 Å². The molecule has 32 heavy (non-hydrogen) atoms. The average Bonchev–Trinajstić information content (AvgIpc) is 3.37. The highest BCUT2D eigenvalue weighted by Gasteiger charge is 2.19. The lowest BCUT2D eigenvalue weighted by Crippen LogP contribution is -2.46. The number of hydrazone groups is 1. The smallest absolute Gasteiger partial charge is 0.147 e. The van der Waals surface area contributed by atoms with Gasteiger partial charge in [-0.05, 0) is 49.2 Å². The highest BCUT2D eigenvalue weighted by molar-refractivity contribution is 8.12. The van der Waals surface area contributed by atoms with Crippen LogP contribution in [0.3, 0.4) is 0 Å². The van der Waals surface area contributed by atoms with Gasteiger partial charge in [0.05, 0.1) is 25.0 Å². The minimum absolute atomic E-state index is 0.162. The van der Waals surface area contributed by atoms with Gasteiger partial charge in [-0.3, -0.25) is 15.6 Å². The van der Waals surface area contributed by atoms with Crippen LogP contribution < -0.4 is 25.1 Å². The van der Waals surface area contributed by atoms with Gasteiger partial charge in [0.25, 0.3) is 0 Å². The molecule has 1 fully saturated rings. The SMILES string of the molecule is COc1ccccc1N1CCN(CCCCOc2ccc(CNC3NN=CS3)cc2)CC1. The van der Waals surface area contributed by atoms with Gasteiger partial charge in [-0.25, -0.2) is 0 Å². The van der Waals surface area contributed by atoms with Crippen LogP contribution in [0, 0.1) is 0 Å². The Morgan fingerprint density at radius 1 is 1.06 bits per heavy atom. The molecule has 7 nitrogen and oxygen atoms in total. The molecule has 1 unspecified atom stereocenters. The van der Waals surface area contributed by atoms with Gasteiger partial charge in [-0.2, -0.15) is 5.10 Å². The molecule has 172 valence electrons. The third-order valence-electron chi connectivity index (χ3n) is 5.79. The maximum atomic E-state index is 5.93. The molecule has 2 aliphatic heterocycles. The zero-order valence-corrected chi connectivity index (χ0v) is 19.5. The van der Waals surface area contributed by atoms with Gasteiger partial charge in [0.2, 0.25) is 0 Å². The molecular weight excluding hydrogens is 422 g/mol. The molecule has 2 heterocycles. The Morgan fingerprint density at radius 2 is 1.88 bits per heavy atom.